The second-order valence-electron chi connectivity index (χ2n) is 4.83. The zero-order chi connectivity index (χ0) is 16.2. The standard InChI is InChI=1S/C18H14ClNO3/c1-2-22-15-9-5-13(6-10-15)18-20-16(11-17(21)23-18)12-3-7-14(19)8-4-12/h3-11H,2H2,1H3. The van der Waals surface area contributed by atoms with Crippen molar-refractivity contribution in [1.82, 2.24) is 4.98 Å². The molecule has 5 heteroatoms. The second-order valence-corrected chi connectivity index (χ2v) is 5.27. The summed E-state index contributed by atoms with van der Waals surface area (Å²) in [5, 5.41) is 0.628. The van der Waals surface area contributed by atoms with Gasteiger partial charge in [0.05, 0.1) is 18.4 Å². The van der Waals surface area contributed by atoms with Crippen LogP contribution in [0.25, 0.3) is 22.7 Å². The number of hydrogen-bond acceptors (Lipinski definition) is 4. The van der Waals surface area contributed by atoms with Gasteiger partial charge in [-0.2, -0.15) is 0 Å². The Bertz CT molecular complexity index is 855. The van der Waals surface area contributed by atoms with Crippen molar-refractivity contribution in [3.8, 4) is 28.5 Å². The first-order chi connectivity index (χ1) is 11.2. The van der Waals surface area contributed by atoms with Crippen LogP contribution in [0, 0.1) is 0 Å². The van der Waals surface area contributed by atoms with Gasteiger partial charge in [-0.05, 0) is 43.3 Å². The quantitative estimate of drug-likeness (QED) is 0.711. The van der Waals surface area contributed by atoms with Crippen LogP contribution in [0.15, 0.2) is 63.8 Å². The first-order valence-corrected chi connectivity index (χ1v) is 7.55. The van der Waals surface area contributed by atoms with Gasteiger partial charge in [-0.15, -0.1) is 0 Å². The molecule has 4 nitrogen and oxygen atoms in total. The van der Waals surface area contributed by atoms with E-state index >= 15 is 0 Å². The molecule has 3 rings (SSSR count). The minimum absolute atomic E-state index is 0.269. The first-order valence-electron chi connectivity index (χ1n) is 7.17. The highest BCUT2D eigenvalue weighted by molar-refractivity contribution is 6.30. The van der Waals surface area contributed by atoms with Crippen LogP contribution in [-0.4, -0.2) is 11.6 Å². The molecule has 1 aromatic heterocycles. The van der Waals surface area contributed by atoms with E-state index in [2.05, 4.69) is 4.98 Å². The molecule has 3 aromatic rings. The number of nitrogens with zero attached hydrogens (tertiary/aromatic N) is 1. The molecule has 0 saturated carbocycles. The van der Waals surface area contributed by atoms with E-state index in [1.807, 2.05) is 43.3 Å². The SMILES string of the molecule is CCOc1ccc(-c2nc(-c3ccc(Cl)cc3)cc(=O)o2)cc1. The van der Waals surface area contributed by atoms with Crippen LogP contribution >= 0.6 is 11.6 Å². The normalized spacial score (nSPS) is 10.5. The largest absolute Gasteiger partial charge is 0.494 e. The minimum atomic E-state index is -0.450. The van der Waals surface area contributed by atoms with Gasteiger partial charge < -0.3 is 9.15 Å². The van der Waals surface area contributed by atoms with Gasteiger partial charge in [0.25, 0.3) is 0 Å². The molecule has 0 amide bonds. The van der Waals surface area contributed by atoms with Crippen LogP contribution in [0.1, 0.15) is 6.92 Å². The van der Waals surface area contributed by atoms with E-state index in [1.54, 1.807) is 12.1 Å². The van der Waals surface area contributed by atoms with E-state index in [4.69, 9.17) is 20.8 Å². The monoisotopic (exact) mass is 327 g/mol. The Balaban J connectivity index is 2.00. The fraction of sp³-hybridized carbons (Fsp3) is 0.111. The van der Waals surface area contributed by atoms with Crippen LogP contribution < -0.4 is 10.4 Å². The lowest BCUT2D eigenvalue weighted by Crippen LogP contribution is -2.02. The Morgan fingerprint density at radius 2 is 1.70 bits per heavy atom. The number of rotatable bonds is 4. The van der Waals surface area contributed by atoms with Gasteiger partial charge in [0, 0.05) is 16.1 Å². The number of hydrogen-bond donors (Lipinski definition) is 0. The third-order valence-corrected chi connectivity index (χ3v) is 3.48. The van der Waals surface area contributed by atoms with Gasteiger partial charge in [0.2, 0.25) is 5.89 Å². The zero-order valence-electron chi connectivity index (χ0n) is 12.5. The van der Waals surface area contributed by atoms with Crippen LogP contribution in [-0.2, 0) is 0 Å². The summed E-state index contributed by atoms with van der Waals surface area (Å²) in [6.07, 6.45) is 0. The summed E-state index contributed by atoms with van der Waals surface area (Å²) in [5.74, 6) is 1.03. The summed E-state index contributed by atoms with van der Waals surface area (Å²) < 4.78 is 10.6. The van der Waals surface area contributed by atoms with Crippen molar-refractivity contribution in [1.29, 1.82) is 0 Å². The highest BCUT2D eigenvalue weighted by atomic mass is 35.5. The average molecular weight is 328 g/mol. The Kier molecular flexibility index (Phi) is 4.44. The molecule has 0 saturated heterocycles. The molecule has 0 N–H and O–H groups in total. The molecular formula is C18H14ClNO3. The topological polar surface area (TPSA) is 52.3 Å². The van der Waals surface area contributed by atoms with Crippen molar-refractivity contribution in [2.45, 2.75) is 6.92 Å². The molecule has 0 fully saturated rings. The molecule has 1 heterocycles. The summed E-state index contributed by atoms with van der Waals surface area (Å²) in [5.41, 5.74) is 1.60. The van der Waals surface area contributed by atoms with Gasteiger partial charge in [-0.3, -0.25) is 0 Å². The second kappa shape index (κ2) is 6.67. The van der Waals surface area contributed by atoms with Crippen molar-refractivity contribution in [3.05, 3.63) is 70.0 Å². The third-order valence-electron chi connectivity index (χ3n) is 3.23. The van der Waals surface area contributed by atoms with Crippen LogP contribution in [0.4, 0.5) is 0 Å². The molecule has 0 radical (unpaired) electrons. The Hall–Kier alpha value is -2.59. The highest BCUT2D eigenvalue weighted by Gasteiger charge is 2.09. The number of ether oxygens (including phenoxy) is 1. The molecule has 23 heavy (non-hydrogen) atoms. The predicted molar refractivity (Wildman–Crippen MR) is 89.8 cm³/mol. The molecule has 2 aromatic carbocycles. The van der Waals surface area contributed by atoms with E-state index in [-0.39, 0.29) is 5.89 Å². The maximum Gasteiger partial charge on any atom is 0.339 e. The smallest absolute Gasteiger partial charge is 0.339 e. The minimum Gasteiger partial charge on any atom is -0.494 e. The number of benzene rings is 2. The summed E-state index contributed by atoms with van der Waals surface area (Å²) in [6, 6.07) is 15.7. The lowest BCUT2D eigenvalue weighted by Gasteiger charge is -2.05. The van der Waals surface area contributed by atoms with Crippen molar-refractivity contribution in [2.24, 2.45) is 0 Å². The van der Waals surface area contributed by atoms with E-state index in [0.717, 1.165) is 11.3 Å². The zero-order valence-corrected chi connectivity index (χ0v) is 13.2. The van der Waals surface area contributed by atoms with Crippen molar-refractivity contribution in [2.75, 3.05) is 6.61 Å². The van der Waals surface area contributed by atoms with Crippen LogP contribution in [0.5, 0.6) is 5.75 Å². The molecule has 0 spiro atoms. The average Bonchev–Trinajstić information content (AvgIpc) is 2.56. The van der Waals surface area contributed by atoms with Crippen LogP contribution in [0.2, 0.25) is 5.02 Å². The van der Waals surface area contributed by atoms with Crippen molar-refractivity contribution in [3.63, 3.8) is 0 Å². The molecule has 0 bridgehead atoms. The maximum atomic E-state index is 11.8. The van der Waals surface area contributed by atoms with E-state index in [0.29, 0.717) is 22.9 Å². The van der Waals surface area contributed by atoms with Gasteiger partial charge in [0.15, 0.2) is 0 Å². The van der Waals surface area contributed by atoms with Crippen molar-refractivity contribution >= 4 is 11.6 Å². The lowest BCUT2D eigenvalue weighted by molar-refractivity contribution is 0.340. The first kappa shape index (κ1) is 15.3. The van der Waals surface area contributed by atoms with Gasteiger partial charge in [-0.25, -0.2) is 9.78 Å². The Morgan fingerprint density at radius 3 is 2.35 bits per heavy atom. The predicted octanol–water partition coefficient (Wildman–Crippen LogP) is 4.42. The summed E-state index contributed by atoms with van der Waals surface area (Å²) >= 11 is 5.89. The molecule has 0 aliphatic heterocycles. The molecule has 0 aliphatic rings. The van der Waals surface area contributed by atoms with Gasteiger partial charge in [-0.1, -0.05) is 23.7 Å². The number of aromatic nitrogens is 1. The van der Waals surface area contributed by atoms with Crippen molar-refractivity contribution < 1.29 is 9.15 Å². The van der Waals surface area contributed by atoms with E-state index in [1.165, 1.54) is 6.07 Å². The number of halogens is 1. The van der Waals surface area contributed by atoms with E-state index in [9.17, 15) is 4.79 Å². The molecule has 116 valence electrons. The summed E-state index contributed by atoms with van der Waals surface area (Å²) in [7, 11) is 0. The lowest BCUT2D eigenvalue weighted by atomic mass is 10.1. The van der Waals surface area contributed by atoms with E-state index < -0.39 is 5.63 Å². The molecule has 0 unspecified atom stereocenters. The molecular weight excluding hydrogens is 314 g/mol. The molecule has 0 atom stereocenters. The van der Waals surface area contributed by atoms with Crippen LogP contribution in [0.3, 0.4) is 0 Å². The summed E-state index contributed by atoms with van der Waals surface area (Å²) in [4.78, 5) is 16.3. The summed E-state index contributed by atoms with van der Waals surface area (Å²) in [6.45, 7) is 2.52. The fourth-order valence-electron chi connectivity index (χ4n) is 2.15. The third kappa shape index (κ3) is 3.60. The Labute approximate surface area is 138 Å². The van der Waals surface area contributed by atoms with Gasteiger partial charge >= 0.3 is 5.63 Å². The maximum absolute atomic E-state index is 11.8. The fourth-order valence-corrected chi connectivity index (χ4v) is 2.28. The highest BCUT2D eigenvalue weighted by Crippen LogP contribution is 2.24. The molecule has 0 aliphatic carbocycles. The Morgan fingerprint density at radius 1 is 1.04 bits per heavy atom. The van der Waals surface area contributed by atoms with Gasteiger partial charge in [0.1, 0.15) is 5.75 Å².